The SMILES string of the molecule is O=C(N=Nc1ccc(NOC(=O)c2ccco2)cc1)c1cccnc1. The first-order valence-corrected chi connectivity index (χ1v) is 7.19. The maximum absolute atomic E-state index is 11.8. The van der Waals surface area contributed by atoms with Crippen LogP contribution in [-0.2, 0) is 4.84 Å². The Morgan fingerprint density at radius 1 is 1.08 bits per heavy atom. The molecule has 0 spiro atoms. The second-order valence-electron chi connectivity index (χ2n) is 4.76. The molecule has 0 bridgehead atoms. The van der Waals surface area contributed by atoms with Gasteiger partial charge < -0.3 is 9.25 Å². The van der Waals surface area contributed by atoms with E-state index in [0.29, 0.717) is 16.9 Å². The van der Waals surface area contributed by atoms with Crippen LogP contribution in [0.4, 0.5) is 11.4 Å². The van der Waals surface area contributed by atoms with E-state index in [4.69, 9.17) is 9.25 Å². The Bertz CT molecular complexity index is 875. The molecule has 1 amide bonds. The summed E-state index contributed by atoms with van der Waals surface area (Å²) in [5.74, 6) is -1.04. The summed E-state index contributed by atoms with van der Waals surface area (Å²) in [7, 11) is 0. The van der Waals surface area contributed by atoms with Crippen LogP contribution in [0.5, 0.6) is 0 Å². The molecule has 3 aromatic rings. The van der Waals surface area contributed by atoms with Gasteiger partial charge in [0.15, 0.2) is 0 Å². The van der Waals surface area contributed by atoms with Crippen molar-refractivity contribution in [3.05, 3.63) is 78.5 Å². The third kappa shape index (κ3) is 4.35. The Hall–Kier alpha value is -3.81. The molecule has 1 aromatic carbocycles. The van der Waals surface area contributed by atoms with Gasteiger partial charge in [0.1, 0.15) is 0 Å². The predicted molar refractivity (Wildman–Crippen MR) is 87.3 cm³/mol. The minimum atomic E-state index is -0.643. The molecular weight excluding hydrogens is 324 g/mol. The number of benzene rings is 1. The van der Waals surface area contributed by atoms with Crippen molar-refractivity contribution in [3.63, 3.8) is 0 Å². The third-order valence-corrected chi connectivity index (χ3v) is 3.02. The lowest BCUT2D eigenvalue weighted by Crippen LogP contribution is -2.09. The van der Waals surface area contributed by atoms with E-state index in [-0.39, 0.29) is 5.76 Å². The molecule has 0 unspecified atom stereocenters. The summed E-state index contributed by atoms with van der Waals surface area (Å²) in [5, 5.41) is 7.49. The van der Waals surface area contributed by atoms with E-state index in [2.05, 4.69) is 20.7 Å². The van der Waals surface area contributed by atoms with Crippen molar-refractivity contribution in [1.82, 2.24) is 4.98 Å². The Kier molecular flexibility index (Phi) is 4.91. The molecule has 3 rings (SSSR count). The molecule has 0 radical (unpaired) electrons. The van der Waals surface area contributed by atoms with E-state index in [1.54, 1.807) is 48.7 Å². The maximum atomic E-state index is 11.8. The van der Waals surface area contributed by atoms with Gasteiger partial charge >= 0.3 is 5.97 Å². The number of nitrogens with zero attached hydrogens (tertiary/aromatic N) is 3. The zero-order valence-electron chi connectivity index (χ0n) is 12.8. The van der Waals surface area contributed by atoms with Crippen molar-refractivity contribution in [2.75, 3.05) is 5.48 Å². The summed E-state index contributed by atoms with van der Waals surface area (Å²) in [4.78, 5) is 32.1. The fourth-order valence-electron chi connectivity index (χ4n) is 1.80. The Morgan fingerprint density at radius 2 is 1.92 bits per heavy atom. The number of furan rings is 1. The molecule has 0 aliphatic carbocycles. The molecule has 25 heavy (non-hydrogen) atoms. The number of rotatable bonds is 5. The van der Waals surface area contributed by atoms with Gasteiger partial charge in [-0.1, -0.05) is 0 Å². The molecule has 1 N–H and O–H groups in total. The second-order valence-corrected chi connectivity index (χ2v) is 4.76. The summed E-state index contributed by atoms with van der Waals surface area (Å²) >= 11 is 0. The maximum Gasteiger partial charge on any atom is 0.398 e. The Labute approximate surface area is 142 Å². The van der Waals surface area contributed by atoms with Crippen LogP contribution in [0.25, 0.3) is 0 Å². The third-order valence-electron chi connectivity index (χ3n) is 3.02. The Balaban J connectivity index is 1.56. The van der Waals surface area contributed by atoms with E-state index in [1.807, 2.05) is 0 Å². The lowest BCUT2D eigenvalue weighted by atomic mass is 10.3. The van der Waals surface area contributed by atoms with Crippen LogP contribution < -0.4 is 5.48 Å². The number of hydrogen-bond donors (Lipinski definition) is 1. The highest BCUT2D eigenvalue weighted by Crippen LogP contribution is 2.17. The van der Waals surface area contributed by atoms with Gasteiger partial charge in [-0.05, 0) is 48.5 Å². The molecule has 0 saturated heterocycles. The number of carbonyl (C=O) groups is 2. The largest absolute Gasteiger partial charge is 0.457 e. The molecule has 2 heterocycles. The normalized spacial score (nSPS) is 10.6. The predicted octanol–water partition coefficient (Wildman–Crippen LogP) is 3.78. The Morgan fingerprint density at radius 3 is 2.60 bits per heavy atom. The minimum Gasteiger partial charge on any atom is -0.457 e. The summed E-state index contributed by atoms with van der Waals surface area (Å²) < 4.78 is 4.92. The molecule has 0 aliphatic heterocycles. The van der Waals surface area contributed by atoms with Gasteiger partial charge in [-0.3, -0.25) is 9.78 Å². The molecule has 0 saturated carbocycles. The minimum absolute atomic E-state index is 0.0897. The number of pyridine rings is 1. The van der Waals surface area contributed by atoms with Gasteiger partial charge in [-0.15, -0.1) is 10.2 Å². The summed E-state index contributed by atoms with van der Waals surface area (Å²) in [6.45, 7) is 0. The van der Waals surface area contributed by atoms with Crippen molar-refractivity contribution in [2.45, 2.75) is 0 Å². The summed E-state index contributed by atoms with van der Waals surface area (Å²) in [6.07, 6.45) is 4.36. The van der Waals surface area contributed by atoms with Crippen LogP contribution >= 0.6 is 0 Å². The molecule has 8 nitrogen and oxygen atoms in total. The number of aromatic nitrogens is 1. The first kappa shape index (κ1) is 16.1. The molecule has 0 aliphatic rings. The van der Waals surface area contributed by atoms with Crippen molar-refractivity contribution in [1.29, 1.82) is 0 Å². The van der Waals surface area contributed by atoms with Gasteiger partial charge in [0.05, 0.1) is 23.2 Å². The van der Waals surface area contributed by atoms with Crippen LogP contribution in [0.3, 0.4) is 0 Å². The van der Waals surface area contributed by atoms with E-state index in [0.717, 1.165) is 0 Å². The smallest absolute Gasteiger partial charge is 0.398 e. The molecular formula is C17H12N4O4. The second kappa shape index (κ2) is 7.64. The monoisotopic (exact) mass is 336 g/mol. The van der Waals surface area contributed by atoms with Crippen LogP contribution in [-0.4, -0.2) is 16.9 Å². The molecule has 8 heteroatoms. The summed E-state index contributed by atoms with van der Waals surface area (Å²) in [6, 6.07) is 12.8. The van der Waals surface area contributed by atoms with Gasteiger partial charge in [0, 0.05) is 12.4 Å². The van der Waals surface area contributed by atoms with Crippen LogP contribution in [0.2, 0.25) is 0 Å². The number of carbonyl (C=O) groups excluding carboxylic acids is 2. The first-order chi connectivity index (χ1) is 12.2. The first-order valence-electron chi connectivity index (χ1n) is 7.19. The van der Waals surface area contributed by atoms with Crippen molar-refractivity contribution < 1.29 is 18.8 Å². The lowest BCUT2D eigenvalue weighted by Gasteiger charge is -2.05. The average Bonchev–Trinajstić information content (AvgIpc) is 3.20. The van der Waals surface area contributed by atoms with E-state index in [9.17, 15) is 9.59 Å². The number of nitrogens with one attached hydrogen (secondary N) is 1. The highest BCUT2D eigenvalue weighted by atomic mass is 16.7. The highest BCUT2D eigenvalue weighted by molar-refractivity contribution is 5.94. The highest BCUT2D eigenvalue weighted by Gasteiger charge is 2.10. The van der Waals surface area contributed by atoms with Gasteiger partial charge in [-0.25, -0.2) is 10.3 Å². The van der Waals surface area contributed by atoms with Crippen molar-refractivity contribution >= 4 is 23.3 Å². The lowest BCUT2D eigenvalue weighted by molar-refractivity contribution is 0.0560. The quantitative estimate of drug-likeness (QED) is 0.561. The molecule has 0 fully saturated rings. The zero-order chi connectivity index (χ0) is 17.5. The topological polar surface area (TPSA) is 106 Å². The molecule has 2 aromatic heterocycles. The number of azo groups is 1. The molecule has 0 atom stereocenters. The fraction of sp³-hybridized carbons (Fsp3) is 0. The number of anilines is 1. The van der Waals surface area contributed by atoms with Crippen LogP contribution in [0, 0.1) is 0 Å². The number of hydrogen-bond acceptors (Lipinski definition) is 7. The van der Waals surface area contributed by atoms with Gasteiger partial charge in [-0.2, -0.15) is 0 Å². The zero-order valence-corrected chi connectivity index (χ0v) is 12.8. The van der Waals surface area contributed by atoms with Gasteiger partial charge in [0.25, 0.3) is 5.91 Å². The van der Waals surface area contributed by atoms with Crippen molar-refractivity contribution in [3.8, 4) is 0 Å². The van der Waals surface area contributed by atoms with E-state index >= 15 is 0 Å². The molecule has 124 valence electrons. The summed E-state index contributed by atoms with van der Waals surface area (Å²) in [5.41, 5.74) is 3.85. The van der Waals surface area contributed by atoms with E-state index < -0.39 is 11.9 Å². The fourth-order valence-corrected chi connectivity index (χ4v) is 1.80. The van der Waals surface area contributed by atoms with Crippen molar-refractivity contribution in [2.24, 2.45) is 10.2 Å². The van der Waals surface area contributed by atoms with E-state index in [1.165, 1.54) is 18.5 Å². The average molecular weight is 336 g/mol. The number of amides is 1. The van der Waals surface area contributed by atoms with Gasteiger partial charge in [0.2, 0.25) is 5.76 Å². The van der Waals surface area contributed by atoms with Crippen LogP contribution in [0.1, 0.15) is 20.9 Å². The standard InChI is InChI=1S/C17H12N4O4/c22-16(12-3-1-9-18-11-12)20-19-13-5-7-14(8-6-13)21-25-17(23)15-4-2-10-24-15/h1-11,21H. The van der Waals surface area contributed by atoms with Crippen LogP contribution in [0.15, 0.2) is 81.8 Å².